The average molecular weight is 455 g/mol. The van der Waals surface area contributed by atoms with Crippen LogP contribution >= 0.6 is 0 Å². The van der Waals surface area contributed by atoms with Gasteiger partial charge in [0.15, 0.2) is 0 Å². The summed E-state index contributed by atoms with van der Waals surface area (Å²) in [6.07, 6.45) is 7.39. The summed E-state index contributed by atoms with van der Waals surface area (Å²) in [4.78, 5) is 0. The molecule has 1 fully saturated rings. The molecule has 2 aliphatic carbocycles. The first-order chi connectivity index (χ1) is 15.0. The number of alkyl halides is 1. The van der Waals surface area contributed by atoms with E-state index in [1.165, 1.54) is 5.57 Å². The Labute approximate surface area is 196 Å². The Kier molecular flexibility index (Phi) is 11.2. The van der Waals surface area contributed by atoms with Crippen LogP contribution in [0.3, 0.4) is 0 Å². The number of halogens is 1. The van der Waals surface area contributed by atoms with E-state index >= 15 is 0 Å². The number of rotatable bonds is 11. The Bertz CT molecular complexity index is 577. The third-order valence-electron chi connectivity index (χ3n) is 8.79. The molecule has 0 amide bonds. The number of aliphatic hydroxyl groups excluding tert-OH is 3. The maximum absolute atomic E-state index is 14.6. The summed E-state index contributed by atoms with van der Waals surface area (Å²) in [5, 5.41) is 32.5. The molecular weight excluding hydrogens is 403 g/mol. The maximum atomic E-state index is 14.6. The summed E-state index contributed by atoms with van der Waals surface area (Å²) in [7, 11) is 0. The number of hydrogen-bond acceptors (Lipinski definition) is 3. The zero-order valence-corrected chi connectivity index (χ0v) is 21.5. The van der Waals surface area contributed by atoms with E-state index in [1.807, 2.05) is 13.8 Å². The number of allylic oxidation sites excluding steroid dienone is 1. The van der Waals surface area contributed by atoms with Gasteiger partial charge in [0.25, 0.3) is 0 Å². The van der Waals surface area contributed by atoms with Gasteiger partial charge in [-0.05, 0) is 98.4 Å². The van der Waals surface area contributed by atoms with Crippen LogP contribution in [0.4, 0.5) is 4.39 Å². The highest BCUT2D eigenvalue weighted by Gasteiger charge is 2.35. The van der Waals surface area contributed by atoms with Crippen LogP contribution in [-0.2, 0) is 0 Å². The molecule has 0 radical (unpaired) electrons. The Hall–Kier alpha value is -0.450. The molecule has 0 heterocycles. The molecule has 10 atom stereocenters. The van der Waals surface area contributed by atoms with Crippen LogP contribution < -0.4 is 0 Å². The van der Waals surface area contributed by atoms with Crippen LogP contribution in [0.2, 0.25) is 0 Å². The fraction of sp³-hybridized carbons (Fsp3) is 0.929. The lowest BCUT2D eigenvalue weighted by Crippen LogP contribution is -2.37. The zero-order valence-electron chi connectivity index (χ0n) is 21.5. The van der Waals surface area contributed by atoms with E-state index in [1.54, 1.807) is 0 Å². The molecule has 3 nitrogen and oxygen atoms in total. The summed E-state index contributed by atoms with van der Waals surface area (Å²) < 4.78 is 14.6. The third kappa shape index (κ3) is 7.53. The normalized spacial score (nSPS) is 32.7. The lowest BCUT2D eigenvalue weighted by atomic mass is 9.73. The molecule has 0 spiro atoms. The Balaban J connectivity index is 1.89. The lowest BCUT2D eigenvalue weighted by molar-refractivity contribution is -0.0356. The second-order valence-corrected chi connectivity index (χ2v) is 11.8. The van der Waals surface area contributed by atoms with Crippen molar-refractivity contribution in [1.82, 2.24) is 0 Å². The van der Waals surface area contributed by atoms with Gasteiger partial charge in [-0.25, -0.2) is 4.39 Å². The molecule has 0 aromatic carbocycles. The highest BCUT2D eigenvalue weighted by atomic mass is 19.1. The van der Waals surface area contributed by atoms with Gasteiger partial charge in [0.2, 0.25) is 0 Å². The molecule has 2 aliphatic rings. The minimum absolute atomic E-state index is 0.000619. The Morgan fingerprint density at radius 2 is 1.69 bits per heavy atom. The summed E-state index contributed by atoms with van der Waals surface area (Å²) in [6.45, 7) is 12.7. The number of hydrogen-bond donors (Lipinski definition) is 3. The van der Waals surface area contributed by atoms with E-state index in [0.29, 0.717) is 24.7 Å². The van der Waals surface area contributed by atoms with E-state index in [-0.39, 0.29) is 29.6 Å². The largest absolute Gasteiger partial charge is 0.390 e. The van der Waals surface area contributed by atoms with Gasteiger partial charge in [-0.2, -0.15) is 0 Å². The minimum atomic E-state index is -0.824. The van der Waals surface area contributed by atoms with Gasteiger partial charge in [-0.1, -0.05) is 54.0 Å². The second-order valence-electron chi connectivity index (χ2n) is 11.8. The third-order valence-corrected chi connectivity index (χ3v) is 8.79. The van der Waals surface area contributed by atoms with Gasteiger partial charge in [0.05, 0.1) is 18.3 Å². The van der Waals surface area contributed by atoms with Crippen LogP contribution in [0.15, 0.2) is 11.6 Å². The van der Waals surface area contributed by atoms with E-state index in [0.717, 1.165) is 44.9 Å². The molecule has 3 N–H and O–H groups in total. The molecule has 4 heteroatoms. The predicted molar refractivity (Wildman–Crippen MR) is 131 cm³/mol. The Morgan fingerprint density at radius 3 is 2.28 bits per heavy atom. The predicted octanol–water partition coefficient (Wildman–Crippen LogP) is 6.30. The molecule has 0 aliphatic heterocycles. The monoisotopic (exact) mass is 454 g/mol. The van der Waals surface area contributed by atoms with Crippen molar-refractivity contribution in [2.45, 2.75) is 124 Å². The van der Waals surface area contributed by atoms with Gasteiger partial charge in [-0.15, -0.1) is 0 Å². The average Bonchev–Trinajstić information content (AvgIpc) is 2.75. The molecule has 1 saturated carbocycles. The minimum Gasteiger partial charge on any atom is -0.390 e. The van der Waals surface area contributed by atoms with Crippen molar-refractivity contribution in [3.05, 3.63) is 11.6 Å². The summed E-state index contributed by atoms with van der Waals surface area (Å²) >= 11 is 0. The van der Waals surface area contributed by atoms with Crippen molar-refractivity contribution >= 4 is 0 Å². The van der Waals surface area contributed by atoms with Crippen LogP contribution in [0.5, 0.6) is 0 Å². The van der Waals surface area contributed by atoms with E-state index in [2.05, 4.69) is 33.8 Å². The molecule has 2 rings (SSSR count). The Morgan fingerprint density at radius 1 is 1.00 bits per heavy atom. The van der Waals surface area contributed by atoms with Crippen LogP contribution in [0, 0.1) is 41.4 Å². The second kappa shape index (κ2) is 12.9. The first-order valence-electron chi connectivity index (χ1n) is 13.4. The molecule has 0 saturated heterocycles. The van der Waals surface area contributed by atoms with Gasteiger partial charge in [0, 0.05) is 0 Å². The highest BCUT2D eigenvalue weighted by molar-refractivity contribution is 5.13. The van der Waals surface area contributed by atoms with Gasteiger partial charge in [-0.3, -0.25) is 0 Å². The first-order valence-corrected chi connectivity index (χ1v) is 13.4. The van der Waals surface area contributed by atoms with E-state index in [4.69, 9.17) is 0 Å². The fourth-order valence-corrected chi connectivity index (χ4v) is 6.29. The molecule has 0 bridgehead atoms. The van der Waals surface area contributed by atoms with Crippen molar-refractivity contribution in [3.8, 4) is 0 Å². The zero-order chi connectivity index (χ0) is 24.0. The smallest absolute Gasteiger partial charge is 0.105 e. The van der Waals surface area contributed by atoms with E-state index in [9.17, 15) is 19.7 Å². The van der Waals surface area contributed by atoms with E-state index < -0.39 is 24.5 Å². The van der Waals surface area contributed by atoms with Crippen molar-refractivity contribution in [2.75, 3.05) is 0 Å². The highest BCUT2D eigenvalue weighted by Crippen LogP contribution is 2.38. The van der Waals surface area contributed by atoms with Crippen molar-refractivity contribution in [2.24, 2.45) is 41.4 Å². The molecular formula is C28H51FO3. The maximum Gasteiger partial charge on any atom is 0.105 e. The lowest BCUT2D eigenvalue weighted by Gasteiger charge is -2.36. The number of aliphatic hydroxyl groups is 3. The van der Waals surface area contributed by atoms with Gasteiger partial charge < -0.3 is 15.3 Å². The van der Waals surface area contributed by atoms with Crippen LogP contribution in [0.25, 0.3) is 0 Å². The fourth-order valence-electron chi connectivity index (χ4n) is 6.29. The van der Waals surface area contributed by atoms with Crippen LogP contribution in [-0.4, -0.2) is 39.8 Å². The molecule has 188 valence electrons. The van der Waals surface area contributed by atoms with Crippen LogP contribution in [0.1, 0.15) is 99.3 Å². The van der Waals surface area contributed by atoms with Gasteiger partial charge >= 0.3 is 0 Å². The van der Waals surface area contributed by atoms with Crippen molar-refractivity contribution < 1.29 is 19.7 Å². The summed E-state index contributed by atoms with van der Waals surface area (Å²) in [5.74, 6) is 1.47. The molecule has 32 heavy (non-hydrogen) atoms. The summed E-state index contributed by atoms with van der Waals surface area (Å²) in [6, 6.07) is 0. The molecule has 0 aromatic rings. The quantitative estimate of drug-likeness (QED) is 0.321. The van der Waals surface area contributed by atoms with Gasteiger partial charge in [0.1, 0.15) is 6.17 Å². The summed E-state index contributed by atoms with van der Waals surface area (Å²) in [5.41, 5.74) is 1.18. The molecule has 8 unspecified atom stereocenters. The van der Waals surface area contributed by atoms with Crippen molar-refractivity contribution in [1.29, 1.82) is 0 Å². The SMILES string of the molecule is CC1CC=C(C(O)C(C)C(CC[C@H](O)C(O)[C@H](C)CC2CCCC(C)C2F)C(C)C)CC1. The molecule has 0 aromatic heterocycles. The van der Waals surface area contributed by atoms with Crippen molar-refractivity contribution in [3.63, 3.8) is 0 Å². The standard InChI is InChI=1S/C28H51FO3/c1-17(2)24(21(6)28(32)22-12-10-18(3)11-13-22)14-15-25(30)27(31)20(5)16-23-9-7-8-19(4)26(23)29/h12,17-21,23-28,30-32H,7-11,13-16H2,1-6H3/t18?,19?,20-,21?,23?,24?,25+,26?,27?,28?/m1/s1. The topological polar surface area (TPSA) is 60.7 Å². The first kappa shape index (κ1) is 27.8.